The normalized spacial score (nSPS) is 11.8. The van der Waals surface area contributed by atoms with Crippen LogP contribution < -0.4 is 10.2 Å². The van der Waals surface area contributed by atoms with E-state index in [1.807, 2.05) is 38.2 Å². The summed E-state index contributed by atoms with van der Waals surface area (Å²) < 4.78 is 0. The Morgan fingerprint density at radius 2 is 1.92 bits per heavy atom. The number of nitrogens with zero attached hydrogens (tertiary/aromatic N) is 1. The highest BCUT2D eigenvalue weighted by Gasteiger charge is 2.21. The Kier molecular flexibility index (Phi) is 6.12. The van der Waals surface area contributed by atoms with Crippen molar-refractivity contribution in [3.05, 3.63) is 68.2 Å². The van der Waals surface area contributed by atoms with Gasteiger partial charge in [-0.15, -0.1) is 0 Å². The number of halogens is 1. The molecule has 0 aliphatic carbocycles. The summed E-state index contributed by atoms with van der Waals surface area (Å²) in [4.78, 5) is 24.0. The van der Waals surface area contributed by atoms with E-state index in [1.54, 1.807) is 13.0 Å². The van der Waals surface area contributed by atoms with Crippen LogP contribution in [0.3, 0.4) is 0 Å². The molecule has 132 valence electrons. The first-order valence-corrected chi connectivity index (χ1v) is 8.26. The molecule has 0 saturated carbocycles. The lowest BCUT2D eigenvalue weighted by Gasteiger charge is -2.16. The van der Waals surface area contributed by atoms with Crippen molar-refractivity contribution in [3.63, 3.8) is 0 Å². The van der Waals surface area contributed by atoms with Crippen molar-refractivity contribution in [2.75, 3.05) is 18.9 Å². The van der Waals surface area contributed by atoms with Crippen LogP contribution in [-0.2, 0) is 11.3 Å². The first-order valence-electron chi connectivity index (χ1n) is 7.88. The van der Waals surface area contributed by atoms with Gasteiger partial charge in [0.05, 0.1) is 12.0 Å². The summed E-state index contributed by atoms with van der Waals surface area (Å²) >= 11 is 6.14. The Bertz CT molecular complexity index is 808. The van der Waals surface area contributed by atoms with Gasteiger partial charge in [-0.1, -0.05) is 35.9 Å². The maximum absolute atomic E-state index is 12.3. The Balaban J connectivity index is 2.09. The second-order valence-corrected chi connectivity index (χ2v) is 6.52. The first-order chi connectivity index (χ1) is 11.8. The average Bonchev–Trinajstić information content (AvgIpc) is 2.53. The second kappa shape index (κ2) is 8.09. The number of likely N-dealkylation sites (N-methyl/N-ethyl adjacent to an activating group) is 1. The van der Waals surface area contributed by atoms with Gasteiger partial charge >= 0.3 is 0 Å². The molecule has 2 aromatic rings. The fourth-order valence-electron chi connectivity index (χ4n) is 2.60. The lowest BCUT2D eigenvalue weighted by molar-refractivity contribution is -0.885. The molecule has 0 aliphatic rings. The molecule has 1 unspecified atom stereocenters. The molecule has 0 fully saturated rings. The molecule has 2 aromatic carbocycles. The molecule has 0 spiro atoms. The van der Waals surface area contributed by atoms with Crippen LogP contribution in [-0.4, -0.2) is 24.4 Å². The van der Waals surface area contributed by atoms with Crippen molar-refractivity contribution in [3.8, 4) is 0 Å². The first kappa shape index (κ1) is 18.9. The summed E-state index contributed by atoms with van der Waals surface area (Å²) in [5, 5.41) is 14.6. The third-order valence-electron chi connectivity index (χ3n) is 4.09. The SMILES string of the molecule is Cc1ccc([N+](=O)[O-])c(NC(=O)C[NH+](C)Cc2ccccc2Cl)c1C. The van der Waals surface area contributed by atoms with E-state index in [0.717, 1.165) is 16.0 Å². The Morgan fingerprint density at radius 1 is 1.24 bits per heavy atom. The number of carbonyl (C=O) groups is 1. The zero-order valence-electron chi connectivity index (χ0n) is 14.4. The molecule has 0 bridgehead atoms. The molecule has 2 rings (SSSR count). The van der Waals surface area contributed by atoms with E-state index in [0.29, 0.717) is 17.1 Å². The quantitative estimate of drug-likeness (QED) is 0.612. The van der Waals surface area contributed by atoms with Gasteiger partial charge in [-0.2, -0.15) is 0 Å². The number of nitrogens with one attached hydrogen (secondary N) is 2. The van der Waals surface area contributed by atoms with Gasteiger partial charge in [-0.3, -0.25) is 14.9 Å². The minimum Gasteiger partial charge on any atom is -0.326 e. The molecule has 1 atom stereocenters. The van der Waals surface area contributed by atoms with Crippen molar-refractivity contribution in [1.82, 2.24) is 0 Å². The zero-order valence-corrected chi connectivity index (χ0v) is 15.2. The predicted molar refractivity (Wildman–Crippen MR) is 98.1 cm³/mol. The van der Waals surface area contributed by atoms with Crippen LogP contribution >= 0.6 is 11.6 Å². The Morgan fingerprint density at radius 3 is 2.56 bits per heavy atom. The number of aryl methyl sites for hydroxylation is 1. The van der Waals surface area contributed by atoms with Gasteiger partial charge in [0.15, 0.2) is 6.54 Å². The number of nitro groups is 1. The monoisotopic (exact) mass is 362 g/mol. The molecule has 2 N–H and O–H groups in total. The number of carbonyl (C=O) groups excluding carboxylic acids is 1. The number of amides is 1. The van der Waals surface area contributed by atoms with Crippen molar-refractivity contribution in [1.29, 1.82) is 0 Å². The Hall–Kier alpha value is -2.44. The van der Waals surface area contributed by atoms with Gasteiger partial charge in [-0.05, 0) is 31.0 Å². The fourth-order valence-corrected chi connectivity index (χ4v) is 2.80. The molecule has 1 amide bonds. The van der Waals surface area contributed by atoms with Crippen LogP contribution in [0.1, 0.15) is 16.7 Å². The van der Waals surface area contributed by atoms with E-state index in [1.165, 1.54) is 6.07 Å². The summed E-state index contributed by atoms with van der Waals surface area (Å²) in [6.45, 7) is 4.37. The average molecular weight is 363 g/mol. The molecule has 6 nitrogen and oxygen atoms in total. The number of hydrogen-bond acceptors (Lipinski definition) is 3. The molecule has 25 heavy (non-hydrogen) atoms. The van der Waals surface area contributed by atoms with Crippen molar-refractivity contribution >= 4 is 28.9 Å². The lowest BCUT2D eigenvalue weighted by Crippen LogP contribution is -3.08. The van der Waals surface area contributed by atoms with Crippen LogP contribution in [0.4, 0.5) is 11.4 Å². The summed E-state index contributed by atoms with van der Waals surface area (Å²) in [6.07, 6.45) is 0. The van der Waals surface area contributed by atoms with Crippen molar-refractivity contribution in [2.45, 2.75) is 20.4 Å². The molecular formula is C18H21ClN3O3+. The summed E-state index contributed by atoms with van der Waals surface area (Å²) in [6, 6.07) is 10.6. The molecule has 0 saturated heterocycles. The molecule has 0 aromatic heterocycles. The van der Waals surface area contributed by atoms with E-state index < -0.39 is 4.92 Å². The van der Waals surface area contributed by atoms with E-state index in [-0.39, 0.29) is 23.8 Å². The highest BCUT2D eigenvalue weighted by atomic mass is 35.5. The number of benzene rings is 2. The van der Waals surface area contributed by atoms with Gasteiger partial charge in [0.2, 0.25) is 0 Å². The number of nitro benzene ring substituents is 1. The largest absolute Gasteiger partial charge is 0.326 e. The number of quaternary nitrogens is 1. The lowest BCUT2D eigenvalue weighted by atomic mass is 10.1. The summed E-state index contributed by atoms with van der Waals surface area (Å²) in [5.74, 6) is -0.277. The van der Waals surface area contributed by atoms with Gasteiger partial charge in [0.25, 0.3) is 11.6 Å². The molecule has 0 radical (unpaired) electrons. The molecular weight excluding hydrogens is 342 g/mol. The molecule has 0 aliphatic heterocycles. The van der Waals surface area contributed by atoms with Gasteiger partial charge < -0.3 is 10.2 Å². The van der Waals surface area contributed by atoms with Crippen LogP contribution in [0.5, 0.6) is 0 Å². The summed E-state index contributed by atoms with van der Waals surface area (Å²) in [5.41, 5.74) is 2.71. The molecule has 0 heterocycles. The predicted octanol–water partition coefficient (Wildman–Crippen LogP) is 2.52. The van der Waals surface area contributed by atoms with E-state index in [2.05, 4.69) is 5.32 Å². The minimum atomic E-state index is -0.484. The standard InChI is InChI=1S/C18H20ClN3O3/c1-12-8-9-16(22(24)25)18(13(12)2)20-17(23)11-21(3)10-14-6-4-5-7-15(14)19/h4-9H,10-11H2,1-3H3,(H,20,23)/p+1. The Labute approximate surface area is 151 Å². The van der Waals surface area contributed by atoms with Crippen molar-refractivity contribution < 1.29 is 14.6 Å². The van der Waals surface area contributed by atoms with E-state index >= 15 is 0 Å². The molecule has 7 heteroatoms. The third kappa shape index (κ3) is 4.78. The van der Waals surface area contributed by atoms with Gasteiger partial charge in [0.1, 0.15) is 12.2 Å². The number of rotatable bonds is 6. The van der Waals surface area contributed by atoms with Crippen LogP contribution in [0.15, 0.2) is 36.4 Å². The fraction of sp³-hybridized carbons (Fsp3) is 0.278. The zero-order chi connectivity index (χ0) is 18.6. The van der Waals surface area contributed by atoms with Gasteiger partial charge in [0, 0.05) is 16.7 Å². The highest BCUT2D eigenvalue weighted by molar-refractivity contribution is 6.31. The van der Waals surface area contributed by atoms with Crippen LogP contribution in [0.2, 0.25) is 5.02 Å². The topological polar surface area (TPSA) is 76.7 Å². The maximum Gasteiger partial charge on any atom is 0.293 e. The second-order valence-electron chi connectivity index (χ2n) is 6.11. The highest BCUT2D eigenvalue weighted by Crippen LogP contribution is 2.29. The van der Waals surface area contributed by atoms with E-state index in [4.69, 9.17) is 11.6 Å². The smallest absolute Gasteiger partial charge is 0.293 e. The minimum absolute atomic E-state index is 0.0970. The van der Waals surface area contributed by atoms with Crippen molar-refractivity contribution in [2.24, 2.45) is 0 Å². The van der Waals surface area contributed by atoms with Crippen LogP contribution in [0.25, 0.3) is 0 Å². The van der Waals surface area contributed by atoms with Gasteiger partial charge in [-0.25, -0.2) is 0 Å². The maximum atomic E-state index is 12.3. The van der Waals surface area contributed by atoms with E-state index in [9.17, 15) is 14.9 Å². The third-order valence-corrected chi connectivity index (χ3v) is 4.46. The summed E-state index contributed by atoms with van der Waals surface area (Å²) in [7, 11) is 1.88. The number of anilines is 1. The number of hydrogen-bond donors (Lipinski definition) is 2. The van der Waals surface area contributed by atoms with Crippen LogP contribution in [0, 0.1) is 24.0 Å².